The number of hydrogen-bond donors (Lipinski definition) is 1. The predicted octanol–water partition coefficient (Wildman–Crippen LogP) is 2.71. The molecule has 1 aromatic heterocycles. The number of halogens is 1. The first-order valence-electron chi connectivity index (χ1n) is 6.27. The largest absolute Gasteiger partial charge is 0.387 e. The monoisotopic (exact) mass is 369 g/mol. The van der Waals surface area contributed by atoms with Crippen LogP contribution in [-0.4, -0.2) is 31.8 Å². The molecular formula is C14H16BrN3O2S. The number of pyridine rings is 1. The van der Waals surface area contributed by atoms with Crippen molar-refractivity contribution in [1.29, 1.82) is 0 Å². The minimum Gasteiger partial charge on any atom is -0.387 e. The lowest BCUT2D eigenvalue weighted by atomic mass is 10.2. The Bertz CT molecular complexity index is 717. The summed E-state index contributed by atoms with van der Waals surface area (Å²) in [5, 5.41) is 2.88. The zero-order chi connectivity index (χ0) is 15.5. The molecule has 0 aliphatic heterocycles. The zero-order valence-electron chi connectivity index (χ0n) is 11.7. The molecule has 0 unspecified atom stereocenters. The minimum atomic E-state index is -3.59. The van der Waals surface area contributed by atoms with Gasteiger partial charge in [0.2, 0.25) is 10.0 Å². The van der Waals surface area contributed by atoms with Gasteiger partial charge in [-0.05, 0) is 23.8 Å². The van der Waals surface area contributed by atoms with E-state index in [1.807, 2.05) is 24.3 Å². The number of benzene rings is 1. The number of anilines is 1. The molecule has 1 heterocycles. The van der Waals surface area contributed by atoms with Gasteiger partial charge in [-0.1, -0.05) is 28.1 Å². The summed E-state index contributed by atoms with van der Waals surface area (Å²) < 4.78 is 27.5. The summed E-state index contributed by atoms with van der Waals surface area (Å²) >= 11 is 3.36. The van der Waals surface area contributed by atoms with Crippen LogP contribution in [-0.2, 0) is 16.6 Å². The van der Waals surface area contributed by atoms with Crippen LogP contribution in [0.4, 0.5) is 5.69 Å². The molecule has 0 radical (unpaired) electrons. The summed E-state index contributed by atoms with van der Waals surface area (Å²) in [4.78, 5) is 4.08. The Morgan fingerprint density at radius 1 is 1.24 bits per heavy atom. The fourth-order valence-corrected chi connectivity index (χ4v) is 3.45. The molecule has 0 saturated heterocycles. The minimum absolute atomic E-state index is 0.173. The predicted molar refractivity (Wildman–Crippen MR) is 86.6 cm³/mol. The molecule has 0 aliphatic carbocycles. The van der Waals surface area contributed by atoms with Crippen molar-refractivity contribution in [2.75, 3.05) is 19.4 Å². The van der Waals surface area contributed by atoms with Crippen LogP contribution in [0.1, 0.15) is 5.56 Å². The van der Waals surface area contributed by atoms with E-state index in [1.165, 1.54) is 10.5 Å². The Hall–Kier alpha value is -1.44. The maximum atomic E-state index is 12.6. The second-order valence-corrected chi connectivity index (χ2v) is 7.44. The van der Waals surface area contributed by atoms with E-state index in [1.54, 1.807) is 26.4 Å². The Morgan fingerprint density at radius 3 is 2.52 bits per heavy atom. The standard InChI is InChI=1S/C14H16BrN3O2S/c1-16-13-7-8-17-9-14(13)21(19,20)18(2)10-11-3-5-12(15)6-4-11/h3-9H,10H2,1-2H3,(H,16,17). The molecule has 0 fully saturated rings. The first kappa shape index (κ1) is 15.9. The van der Waals surface area contributed by atoms with Gasteiger partial charge < -0.3 is 5.32 Å². The third-order valence-electron chi connectivity index (χ3n) is 3.06. The van der Waals surface area contributed by atoms with Crippen LogP contribution < -0.4 is 5.32 Å². The summed E-state index contributed by atoms with van der Waals surface area (Å²) in [5.74, 6) is 0. The molecule has 2 aromatic rings. The molecule has 2 rings (SSSR count). The SMILES string of the molecule is CNc1ccncc1S(=O)(=O)N(C)Cc1ccc(Br)cc1. The first-order valence-corrected chi connectivity index (χ1v) is 8.51. The van der Waals surface area contributed by atoms with Crippen molar-refractivity contribution in [3.63, 3.8) is 0 Å². The van der Waals surface area contributed by atoms with Gasteiger partial charge in [0.15, 0.2) is 0 Å². The van der Waals surface area contributed by atoms with Gasteiger partial charge in [0, 0.05) is 37.5 Å². The lowest BCUT2D eigenvalue weighted by Gasteiger charge is -2.19. The maximum absolute atomic E-state index is 12.6. The smallest absolute Gasteiger partial charge is 0.246 e. The first-order chi connectivity index (χ1) is 9.95. The van der Waals surface area contributed by atoms with Gasteiger partial charge in [0.1, 0.15) is 4.90 Å². The number of hydrogen-bond acceptors (Lipinski definition) is 4. The third-order valence-corrected chi connectivity index (χ3v) is 5.42. The Balaban J connectivity index is 2.28. The van der Waals surface area contributed by atoms with Gasteiger partial charge in [-0.3, -0.25) is 4.98 Å². The van der Waals surface area contributed by atoms with Crippen molar-refractivity contribution in [3.05, 3.63) is 52.8 Å². The molecule has 1 N–H and O–H groups in total. The van der Waals surface area contributed by atoms with Crippen molar-refractivity contribution in [2.45, 2.75) is 11.4 Å². The highest BCUT2D eigenvalue weighted by Crippen LogP contribution is 2.23. The zero-order valence-corrected chi connectivity index (χ0v) is 14.1. The number of nitrogens with zero attached hydrogens (tertiary/aromatic N) is 2. The number of rotatable bonds is 5. The van der Waals surface area contributed by atoms with Gasteiger partial charge in [0.05, 0.1) is 5.69 Å². The molecule has 7 heteroatoms. The van der Waals surface area contributed by atoms with E-state index in [2.05, 4.69) is 26.2 Å². The second kappa shape index (κ2) is 6.55. The third kappa shape index (κ3) is 3.61. The molecular weight excluding hydrogens is 354 g/mol. The van der Waals surface area contributed by atoms with Crippen LogP contribution in [0, 0.1) is 0 Å². The topological polar surface area (TPSA) is 62.3 Å². The lowest BCUT2D eigenvalue weighted by Crippen LogP contribution is -2.27. The van der Waals surface area contributed by atoms with Gasteiger partial charge in [-0.2, -0.15) is 4.31 Å². The van der Waals surface area contributed by atoms with Gasteiger partial charge in [0.25, 0.3) is 0 Å². The Kier molecular flexibility index (Phi) is 4.97. The summed E-state index contributed by atoms with van der Waals surface area (Å²) in [6, 6.07) is 9.19. The van der Waals surface area contributed by atoms with Gasteiger partial charge in [-0.15, -0.1) is 0 Å². The van der Waals surface area contributed by atoms with Crippen molar-refractivity contribution < 1.29 is 8.42 Å². The molecule has 0 saturated carbocycles. The van der Waals surface area contributed by atoms with E-state index in [4.69, 9.17) is 0 Å². The van der Waals surface area contributed by atoms with E-state index in [0.29, 0.717) is 12.2 Å². The molecule has 0 atom stereocenters. The van der Waals surface area contributed by atoms with Gasteiger partial charge in [-0.25, -0.2) is 8.42 Å². The van der Waals surface area contributed by atoms with Crippen molar-refractivity contribution >= 4 is 31.6 Å². The molecule has 0 bridgehead atoms. The maximum Gasteiger partial charge on any atom is 0.246 e. The quantitative estimate of drug-likeness (QED) is 0.879. The Morgan fingerprint density at radius 2 is 1.90 bits per heavy atom. The van der Waals surface area contributed by atoms with E-state index in [-0.39, 0.29) is 4.90 Å². The van der Waals surface area contributed by atoms with Crippen molar-refractivity contribution in [1.82, 2.24) is 9.29 Å². The summed E-state index contributed by atoms with van der Waals surface area (Å²) in [6.45, 7) is 0.299. The van der Waals surface area contributed by atoms with Crippen LogP contribution in [0.2, 0.25) is 0 Å². The summed E-state index contributed by atoms with van der Waals surface area (Å²) in [5.41, 5.74) is 1.45. The molecule has 0 amide bonds. The average molecular weight is 370 g/mol. The molecule has 21 heavy (non-hydrogen) atoms. The number of sulfonamides is 1. The lowest BCUT2D eigenvalue weighted by molar-refractivity contribution is 0.466. The highest BCUT2D eigenvalue weighted by molar-refractivity contribution is 9.10. The van der Waals surface area contributed by atoms with Crippen molar-refractivity contribution in [3.8, 4) is 0 Å². The number of nitrogens with one attached hydrogen (secondary N) is 1. The second-order valence-electron chi connectivity index (χ2n) is 4.51. The fraction of sp³-hybridized carbons (Fsp3) is 0.214. The average Bonchev–Trinajstić information content (AvgIpc) is 2.49. The molecule has 0 spiro atoms. The molecule has 5 nitrogen and oxygen atoms in total. The number of aromatic nitrogens is 1. The van der Waals surface area contributed by atoms with E-state index >= 15 is 0 Å². The van der Waals surface area contributed by atoms with E-state index in [9.17, 15) is 8.42 Å². The molecule has 112 valence electrons. The van der Waals surface area contributed by atoms with Gasteiger partial charge >= 0.3 is 0 Å². The van der Waals surface area contributed by atoms with Crippen LogP contribution in [0.15, 0.2) is 52.1 Å². The van der Waals surface area contributed by atoms with Crippen LogP contribution in [0.5, 0.6) is 0 Å². The highest BCUT2D eigenvalue weighted by Gasteiger charge is 2.24. The summed E-state index contributed by atoms with van der Waals surface area (Å²) in [6.07, 6.45) is 2.92. The van der Waals surface area contributed by atoms with E-state index < -0.39 is 10.0 Å². The van der Waals surface area contributed by atoms with Crippen LogP contribution in [0.3, 0.4) is 0 Å². The van der Waals surface area contributed by atoms with Crippen molar-refractivity contribution in [2.24, 2.45) is 0 Å². The summed E-state index contributed by atoms with van der Waals surface area (Å²) in [7, 11) is -0.350. The normalized spacial score (nSPS) is 11.6. The molecule has 1 aromatic carbocycles. The Labute approximate surface area is 133 Å². The molecule has 0 aliphatic rings. The fourth-order valence-electron chi connectivity index (χ4n) is 1.89. The van der Waals surface area contributed by atoms with Crippen LogP contribution in [0.25, 0.3) is 0 Å². The highest BCUT2D eigenvalue weighted by atomic mass is 79.9. The van der Waals surface area contributed by atoms with E-state index in [0.717, 1.165) is 10.0 Å². The van der Waals surface area contributed by atoms with Crippen LogP contribution >= 0.6 is 15.9 Å².